The first kappa shape index (κ1) is 20.9. The number of Topliss-reactive ketones (excluding diaryl/α,β-unsaturated/α-hetero) is 1. The Bertz CT molecular complexity index is 991. The zero-order valence-corrected chi connectivity index (χ0v) is 19.8. The number of aliphatic hydroxyl groups is 1. The molecule has 1 N–H and O–H groups in total. The van der Waals surface area contributed by atoms with E-state index in [9.17, 15) is 9.90 Å². The van der Waals surface area contributed by atoms with Crippen molar-refractivity contribution >= 4 is 5.78 Å². The van der Waals surface area contributed by atoms with E-state index >= 15 is 0 Å². The number of hydrogen-bond donors (Lipinski definition) is 1. The molecule has 0 amide bonds. The smallest absolute Gasteiger partial charge is 0.158 e. The molecule has 172 valence electrons. The Morgan fingerprint density at radius 1 is 1.16 bits per heavy atom. The van der Waals surface area contributed by atoms with Crippen molar-refractivity contribution in [2.45, 2.75) is 84.3 Å². The molecule has 5 nitrogen and oxygen atoms in total. The molecule has 0 unspecified atom stereocenters. The number of nitrogens with zero attached hydrogens (tertiary/aromatic N) is 3. The Hall–Kier alpha value is -1.67. The fourth-order valence-corrected chi connectivity index (χ4v) is 9.77. The Labute approximate surface area is 191 Å². The molecule has 5 aliphatic rings. The third kappa shape index (κ3) is 2.84. The molecule has 1 heterocycles. The summed E-state index contributed by atoms with van der Waals surface area (Å²) >= 11 is 0. The maximum Gasteiger partial charge on any atom is 0.158 e. The second kappa shape index (κ2) is 6.69. The summed E-state index contributed by atoms with van der Waals surface area (Å²) in [5.41, 5.74) is 0.529. The fraction of sp³-hybridized carbons (Fsp3) is 0.815. The van der Waals surface area contributed by atoms with E-state index in [1.54, 1.807) is 17.1 Å². The SMILES string of the molecule is C[C@@]1(O)CC[C@@]2(C)[C@@H](CC[C@H]3[C@@H]4[C@@H]5C[C@@H]5[C@H](C(=O)Cn5cc(C#N)cn5)[C@@]4(C)CC[C@@H]32)C1. The molecule has 6 rings (SSSR count). The van der Waals surface area contributed by atoms with Gasteiger partial charge in [0.1, 0.15) is 6.07 Å². The van der Waals surface area contributed by atoms with E-state index in [4.69, 9.17) is 5.26 Å². The summed E-state index contributed by atoms with van der Waals surface area (Å²) < 4.78 is 1.67. The normalized spacial score (nSPS) is 51.0. The Balaban J connectivity index is 1.25. The van der Waals surface area contributed by atoms with Gasteiger partial charge in [-0.2, -0.15) is 10.4 Å². The molecule has 1 aromatic rings. The number of nitriles is 1. The first-order valence-corrected chi connectivity index (χ1v) is 12.8. The van der Waals surface area contributed by atoms with Crippen LogP contribution in [0.2, 0.25) is 0 Å². The molecule has 32 heavy (non-hydrogen) atoms. The minimum atomic E-state index is -0.482. The summed E-state index contributed by atoms with van der Waals surface area (Å²) in [4.78, 5) is 13.6. The predicted octanol–water partition coefficient (Wildman–Crippen LogP) is 4.59. The molecule has 0 aliphatic heterocycles. The molecule has 10 atom stereocenters. The fourth-order valence-electron chi connectivity index (χ4n) is 9.77. The Morgan fingerprint density at radius 3 is 2.72 bits per heavy atom. The zero-order valence-electron chi connectivity index (χ0n) is 19.8. The van der Waals surface area contributed by atoms with Gasteiger partial charge in [-0.3, -0.25) is 9.48 Å². The lowest BCUT2D eigenvalue weighted by Crippen LogP contribution is -2.56. The van der Waals surface area contributed by atoms with Crippen LogP contribution in [0.4, 0.5) is 0 Å². The lowest BCUT2D eigenvalue weighted by atomic mass is 9.43. The number of ketones is 1. The highest BCUT2D eigenvalue weighted by Crippen LogP contribution is 2.76. The largest absolute Gasteiger partial charge is 0.390 e. The molecule has 1 aromatic heterocycles. The van der Waals surface area contributed by atoms with Gasteiger partial charge in [0, 0.05) is 12.1 Å². The molecule has 5 fully saturated rings. The van der Waals surface area contributed by atoms with Crippen LogP contribution in [-0.2, 0) is 11.3 Å². The van der Waals surface area contributed by atoms with Gasteiger partial charge in [-0.1, -0.05) is 13.8 Å². The molecule has 5 aliphatic carbocycles. The molecule has 0 aromatic carbocycles. The van der Waals surface area contributed by atoms with E-state index in [0.29, 0.717) is 41.1 Å². The Kier molecular flexibility index (Phi) is 4.37. The summed E-state index contributed by atoms with van der Waals surface area (Å²) in [6.07, 6.45) is 12.5. The monoisotopic (exact) mass is 435 g/mol. The van der Waals surface area contributed by atoms with Crippen LogP contribution in [0.5, 0.6) is 0 Å². The van der Waals surface area contributed by atoms with Gasteiger partial charge in [0.25, 0.3) is 0 Å². The highest BCUT2D eigenvalue weighted by Gasteiger charge is 2.71. The van der Waals surface area contributed by atoms with Crippen LogP contribution < -0.4 is 0 Å². The molecule has 0 radical (unpaired) electrons. The van der Waals surface area contributed by atoms with Crippen LogP contribution in [0, 0.1) is 63.6 Å². The summed E-state index contributed by atoms with van der Waals surface area (Å²) in [5, 5.41) is 24.1. The summed E-state index contributed by atoms with van der Waals surface area (Å²) in [6.45, 7) is 7.32. The number of hydrogen-bond acceptors (Lipinski definition) is 4. The molecular weight excluding hydrogens is 398 g/mol. The lowest BCUT2D eigenvalue weighted by Gasteiger charge is -2.62. The van der Waals surface area contributed by atoms with E-state index in [-0.39, 0.29) is 11.3 Å². The van der Waals surface area contributed by atoms with Gasteiger partial charge in [0.05, 0.1) is 23.9 Å². The lowest BCUT2D eigenvalue weighted by molar-refractivity contribution is -0.156. The maximum atomic E-state index is 13.6. The quantitative estimate of drug-likeness (QED) is 0.753. The average Bonchev–Trinajstić information content (AvgIpc) is 3.24. The van der Waals surface area contributed by atoms with Gasteiger partial charge in [0.15, 0.2) is 5.78 Å². The van der Waals surface area contributed by atoms with Gasteiger partial charge in [0.2, 0.25) is 0 Å². The van der Waals surface area contributed by atoms with E-state index < -0.39 is 5.60 Å². The van der Waals surface area contributed by atoms with Crippen molar-refractivity contribution in [1.29, 1.82) is 5.26 Å². The molecule has 5 saturated carbocycles. The third-order valence-electron chi connectivity index (χ3n) is 11.2. The molecule has 5 heteroatoms. The highest BCUT2D eigenvalue weighted by molar-refractivity contribution is 5.83. The summed E-state index contributed by atoms with van der Waals surface area (Å²) in [5.74, 6) is 4.65. The first-order valence-electron chi connectivity index (χ1n) is 12.8. The van der Waals surface area contributed by atoms with Crippen molar-refractivity contribution in [3.63, 3.8) is 0 Å². The van der Waals surface area contributed by atoms with E-state index in [0.717, 1.165) is 37.0 Å². The predicted molar refractivity (Wildman–Crippen MR) is 120 cm³/mol. The van der Waals surface area contributed by atoms with Crippen LogP contribution in [0.1, 0.15) is 77.7 Å². The maximum absolute atomic E-state index is 13.6. The van der Waals surface area contributed by atoms with E-state index in [1.807, 2.05) is 6.92 Å². The number of carbonyl (C=O) groups is 1. The average molecular weight is 436 g/mol. The molecule has 0 saturated heterocycles. The van der Waals surface area contributed by atoms with E-state index in [2.05, 4.69) is 25.0 Å². The third-order valence-corrected chi connectivity index (χ3v) is 11.2. The van der Waals surface area contributed by atoms with Crippen molar-refractivity contribution in [1.82, 2.24) is 9.78 Å². The molecular formula is C27H37N3O2. The summed E-state index contributed by atoms with van der Waals surface area (Å²) in [6, 6.07) is 2.11. The zero-order chi connectivity index (χ0) is 22.5. The topological polar surface area (TPSA) is 78.9 Å². The Morgan fingerprint density at radius 2 is 1.97 bits per heavy atom. The number of carbonyl (C=O) groups excluding carboxylic acids is 1. The summed E-state index contributed by atoms with van der Waals surface area (Å²) in [7, 11) is 0. The number of rotatable bonds is 3. The molecule has 0 spiro atoms. The standard InChI is InChI=1S/C27H37N3O2/c1-25(32)8-9-26(2)17(11-25)4-5-18-21(26)6-7-27(3)23(18)19-10-20(19)24(27)22(31)15-30-14-16(12-28)13-29-30/h13-14,17-21,23-24,32H,4-11,15H2,1-3H3/t17-,18+,19+,20-,21-,23+,24+,25+,26-,27-/m0/s1. The van der Waals surface area contributed by atoms with Crippen LogP contribution in [0.3, 0.4) is 0 Å². The minimum absolute atomic E-state index is 0.125. The van der Waals surface area contributed by atoms with Gasteiger partial charge in [-0.05, 0) is 105 Å². The number of aromatic nitrogens is 2. The van der Waals surface area contributed by atoms with Crippen molar-refractivity contribution in [2.75, 3.05) is 0 Å². The van der Waals surface area contributed by atoms with Gasteiger partial charge < -0.3 is 5.11 Å². The first-order chi connectivity index (χ1) is 15.2. The second-order valence-electron chi connectivity index (χ2n) is 12.9. The van der Waals surface area contributed by atoms with Gasteiger partial charge >= 0.3 is 0 Å². The highest BCUT2D eigenvalue weighted by atomic mass is 16.3. The van der Waals surface area contributed by atoms with Crippen molar-refractivity contribution < 1.29 is 9.90 Å². The van der Waals surface area contributed by atoms with Crippen LogP contribution in [0.25, 0.3) is 0 Å². The van der Waals surface area contributed by atoms with Crippen molar-refractivity contribution in [2.24, 2.45) is 52.3 Å². The van der Waals surface area contributed by atoms with Gasteiger partial charge in [-0.25, -0.2) is 0 Å². The van der Waals surface area contributed by atoms with Crippen LogP contribution >= 0.6 is 0 Å². The van der Waals surface area contributed by atoms with Gasteiger partial charge in [-0.15, -0.1) is 0 Å². The van der Waals surface area contributed by atoms with Crippen molar-refractivity contribution in [3.05, 3.63) is 18.0 Å². The number of fused-ring (bicyclic) bond motifs is 7. The van der Waals surface area contributed by atoms with Crippen LogP contribution in [-0.4, -0.2) is 26.3 Å². The molecule has 0 bridgehead atoms. The van der Waals surface area contributed by atoms with Crippen LogP contribution in [0.15, 0.2) is 12.4 Å². The van der Waals surface area contributed by atoms with Crippen molar-refractivity contribution in [3.8, 4) is 6.07 Å². The van der Waals surface area contributed by atoms with E-state index in [1.165, 1.54) is 32.1 Å². The minimum Gasteiger partial charge on any atom is -0.390 e. The second-order valence-corrected chi connectivity index (χ2v) is 12.9.